The minimum absolute atomic E-state index is 0.143. The van der Waals surface area contributed by atoms with Crippen molar-refractivity contribution in [1.29, 1.82) is 0 Å². The van der Waals surface area contributed by atoms with Gasteiger partial charge in [0.2, 0.25) is 5.95 Å². The molecule has 31 heavy (non-hydrogen) atoms. The van der Waals surface area contributed by atoms with Crippen molar-refractivity contribution in [2.45, 2.75) is 38.7 Å². The topological polar surface area (TPSA) is 121 Å². The molecule has 0 radical (unpaired) electrons. The molecule has 0 spiro atoms. The lowest BCUT2D eigenvalue weighted by atomic mass is 10.0. The lowest BCUT2D eigenvalue weighted by Gasteiger charge is -2.17. The summed E-state index contributed by atoms with van der Waals surface area (Å²) in [5.41, 5.74) is 12.0. The zero-order chi connectivity index (χ0) is 22.6. The Morgan fingerprint density at radius 2 is 2.03 bits per heavy atom. The molecule has 1 amide bonds. The molecule has 10 heteroatoms. The van der Waals surface area contributed by atoms with E-state index in [1.165, 1.54) is 19.2 Å². The molecule has 0 saturated carbocycles. The third-order valence-corrected chi connectivity index (χ3v) is 4.99. The number of ether oxygens (including phenoxy) is 1. The van der Waals surface area contributed by atoms with Crippen molar-refractivity contribution in [1.82, 2.24) is 14.5 Å². The molecule has 0 atom stereocenters. The van der Waals surface area contributed by atoms with Crippen LogP contribution < -0.4 is 21.5 Å². The van der Waals surface area contributed by atoms with Gasteiger partial charge in [-0.2, -0.15) is 13.8 Å². The summed E-state index contributed by atoms with van der Waals surface area (Å²) in [5, 5.41) is 3.29. The van der Waals surface area contributed by atoms with E-state index in [2.05, 4.69) is 22.2 Å². The van der Waals surface area contributed by atoms with Gasteiger partial charge in [-0.1, -0.05) is 19.8 Å². The molecule has 2 heterocycles. The highest BCUT2D eigenvalue weighted by Crippen LogP contribution is 2.33. The van der Waals surface area contributed by atoms with E-state index in [4.69, 9.17) is 16.2 Å². The number of unbranched alkanes of at least 4 members (excludes halogenated alkanes) is 2. The van der Waals surface area contributed by atoms with E-state index in [-0.39, 0.29) is 12.5 Å². The highest BCUT2D eigenvalue weighted by atomic mass is 19.3. The van der Waals surface area contributed by atoms with Crippen LogP contribution in [0.25, 0.3) is 11.0 Å². The maximum Gasteiger partial charge on any atom is 0.349 e. The third-order valence-electron chi connectivity index (χ3n) is 4.99. The van der Waals surface area contributed by atoms with Gasteiger partial charge in [0.05, 0.1) is 19.2 Å². The number of nitrogens with one attached hydrogen (secondary N) is 1. The lowest BCUT2D eigenvalue weighted by Crippen LogP contribution is -2.33. The van der Waals surface area contributed by atoms with Crippen LogP contribution in [0.1, 0.15) is 37.3 Å². The molecular formula is C21H26F2N6O2. The number of nitrogens with two attached hydrogens (primary N) is 2. The van der Waals surface area contributed by atoms with Gasteiger partial charge in [0, 0.05) is 23.9 Å². The molecule has 3 rings (SSSR count). The first-order valence-electron chi connectivity index (χ1n) is 9.99. The van der Waals surface area contributed by atoms with Crippen molar-refractivity contribution in [3.63, 3.8) is 0 Å². The summed E-state index contributed by atoms with van der Waals surface area (Å²) < 4.78 is 35.5. The van der Waals surface area contributed by atoms with Gasteiger partial charge in [-0.05, 0) is 30.7 Å². The van der Waals surface area contributed by atoms with Crippen LogP contribution in [0.4, 0.5) is 20.5 Å². The largest absolute Gasteiger partial charge is 0.496 e. The first-order valence-corrected chi connectivity index (χ1v) is 9.99. The van der Waals surface area contributed by atoms with Gasteiger partial charge in [-0.15, -0.1) is 0 Å². The van der Waals surface area contributed by atoms with E-state index in [0.29, 0.717) is 34.7 Å². The molecule has 0 aliphatic carbocycles. The van der Waals surface area contributed by atoms with Crippen molar-refractivity contribution in [3.05, 3.63) is 41.6 Å². The van der Waals surface area contributed by atoms with Crippen molar-refractivity contribution < 1.29 is 18.3 Å². The Bertz CT molecular complexity index is 1080. The second-order valence-corrected chi connectivity index (χ2v) is 7.21. The predicted molar refractivity (Wildman–Crippen MR) is 115 cm³/mol. The number of hydrogen-bond donors (Lipinski definition) is 3. The van der Waals surface area contributed by atoms with Crippen LogP contribution in [0.15, 0.2) is 30.5 Å². The maximum absolute atomic E-state index is 14.2. The Morgan fingerprint density at radius 3 is 2.71 bits per heavy atom. The van der Waals surface area contributed by atoms with Crippen LogP contribution in [0, 0.1) is 0 Å². The Morgan fingerprint density at radius 1 is 1.26 bits per heavy atom. The van der Waals surface area contributed by atoms with Gasteiger partial charge >= 0.3 is 5.92 Å². The number of primary amides is 1. The molecule has 1 aromatic carbocycles. The highest BCUT2D eigenvalue weighted by molar-refractivity contribution is 5.87. The number of carbonyl (C=O) groups is 1. The SMILES string of the molecule is CCCCCNc1nc(N)nc2ccn(Cc3cc(C(F)(F)C(N)=O)ccc3OC)c12. The number of alkyl halides is 2. The molecule has 0 saturated heterocycles. The van der Waals surface area contributed by atoms with Crippen LogP contribution >= 0.6 is 0 Å². The monoisotopic (exact) mass is 432 g/mol. The van der Waals surface area contributed by atoms with Gasteiger partial charge in [0.25, 0.3) is 5.91 Å². The summed E-state index contributed by atoms with van der Waals surface area (Å²) in [5.74, 6) is -4.38. The van der Waals surface area contributed by atoms with Crippen molar-refractivity contribution in [2.24, 2.45) is 5.73 Å². The summed E-state index contributed by atoms with van der Waals surface area (Å²) in [6.45, 7) is 3.02. The number of anilines is 2. The number of rotatable bonds is 10. The molecule has 0 unspecified atom stereocenters. The number of hydrogen-bond acceptors (Lipinski definition) is 6. The average molecular weight is 432 g/mol. The molecule has 3 aromatic rings. The van der Waals surface area contributed by atoms with E-state index in [1.54, 1.807) is 12.3 Å². The number of halogens is 2. The van der Waals surface area contributed by atoms with Crippen molar-refractivity contribution in [3.8, 4) is 5.75 Å². The van der Waals surface area contributed by atoms with Crippen LogP contribution in [-0.4, -0.2) is 34.1 Å². The average Bonchev–Trinajstić information content (AvgIpc) is 3.13. The van der Waals surface area contributed by atoms with E-state index in [9.17, 15) is 13.6 Å². The first-order chi connectivity index (χ1) is 14.8. The second-order valence-electron chi connectivity index (χ2n) is 7.21. The molecule has 0 aliphatic heterocycles. The Balaban J connectivity index is 2.00. The second kappa shape index (κ2) is 9.15. The molecule has 166 valence electrons. The van der Waals surface area contributed by atoms with E-state index < -0.39 is 17.4 Å². The van der Waals surface area contributed by atoms with Gasteiger partial charge in [-0.25, -0.2) is 4.98 Å². The molecule has 2 aromatic heterocycles. The van der Waals surface area contributed by atoms with Crippen LogP contribution in [0.5, 0.6) is 5.75 Å². The van der Waals surface area contributed by atoms with Crippen molar-refractivity contribution in [2.75, 3.05) is 24.7 Å². The minimum atomic E-state index is -3.79. The summed E-state index contributed by atoms with van der Waals surface area (Å²) in [6, 6.07) is 5.53. The van der Waals surface area contributed by atoms with Gasteiger partial charge in [0.15, 0.2) is 5.82 Å². The number of benzene rings is 1. The fourth-order valence-electron chi connectivity index (χ4n) is 3.38. The summed E-state index contributed by atoms with van der Waals surface area (Å²) >= 11 is 0. The van der Waals surface area contributed by atoms with Crippen molar-refractivity contribution >= 4 is 28.7 Å². The first kappa shape index (κ1) is 22.3. The predicted octanol–water partition coefficient (Wildman–Crippen LogP) is 3.25. The standard InChI is InChI=1S/C21H26F2N6O2/c1-3-4-5-9-26-18-17-15(27-20(25)28-18)8-10-29(17)12-13-11-14(6-7-16(13)31-2)21(22,23)19(24)30/h6-8,10-11H,3-5,9,12H2,1-2H3,(H2,24,30)(H3,25,26,27,28). The molecule has 0 fully saturated rings. The summed E-state index contributed by atoms with van der Waals surface area (Å²) in [6.07, 6.45) is 4.91. The molecule has 0 aliphatic rings. The Hall–Kier alpha value is -3.43. The molecule has 0 bridgehead atoms. The lowest BCUT2D eigenvalue weighted by molar-refractivity contribution is -0.143. The molecular weight excluding hydrogens is 406 g/mol. The number of aromatic nitrogens is 3. The highest BCUT2D eigenvalue weighted by Gasteiger charge is 2.39. The van der Waals surface area contributed by atoms with Gasteiger partial charge < -0.3 is 26.1 Å². The van der Waals surface area contributed by atoms with E-state index in [0.717, 1.165) is 25.3 Å². The van der Waals surface area contributed by atoms with Gasteiger partial charge in [-0.3, -0.25) is 4.79 Å². The van der Waals surface area contributed by atoms with Crippen LogP contribution in [-0.2, 0) is 17.3 Å². The number of amides is 1. The fraction of sp³-hybridized carbons (Fsp3) is 0.381. The number of methoxy groups -OCH3 is 1. The summed E-state index contributed by atoms with van der Waals surface area (Å²) in [7, 11) is 1.45. The third kappa shape index (κ3) is 4.68. The van der Waals surface area contributed by atoms with E-state index >= 15 is 0 Å². The van der Waals surface area contributed by atoms with E-state index in [1.807, 2.05) is 4.57 Å². The minimum Gasteiger partial charge on any atom is -0.496 e. The quantitative estimate of drug-likeness (QED) is 0.423. The number of fused-ring (bicyclic) bond motifs is 1. The normalized spacial score (nSPS) is 11.6. The zero-order valence-corrected chi connectivity index (χ0v) is 17.5. The maximum atomic E-state index is 14.2. The number of nitrogen functional groups attached to an aromatic ring is 1. The smallest absolute Gasteiger partial charge is 0.349 e. The molecule has 8 nitrogen and oxygen atoms in total. The fourth-order valence-corrected chi connectivity index (χ4v) is 3.38. The number of nitrogens with zero attached hydrogens (tertiary/aromatic N) is 3. The molecule has 5 N–H and O–H groups in total. The Kier molecular flexibility index (Phi) is 6.57. The summed E-state index contributed by atoms with van der Waals surface area (Å²) in [4.78, 5) is 19.8. The van der Waals surface area contributed by atoms with Crippen LogP contribution in [0.3, 0.4) is 0 Å². The van der Waals surface area contributed by atoms with Gasteiger partial charge in [0.1, 0.15) is 11.3 Å². The van der Waals surface area contributed by atoms with Crippen LogP contribution in [0.2, 0.25) is 0 Å². The number of carbonyl (C=O) groups excluding carboxylic acids is 1. The Labute approximate surface area is 178 Å². The zero-order valence-electron chi connectivity index (χ0n) is 17.5.